The summed E-state index contributed by atoms with van der Waals surface area (Å²) in [4.78, 5) is 32.1. The number of nitrogens with zero attached hydrogens (tertiary/aromatic N) is 3. The molecule has 3 rings (SSSR count). The smallest absolute Gasteiger partial charge is 0.239 e. The van der Waals surface area contributed by atoms with E-state index in [1.54, 1.807) is 16.2 Å². The van der Waals surface area contributed by atoms with Crippen LogP contribution in [0.3, 0.4) is 0 Å². The van der Waals surface area contributed by atoms with Crippen LogP contribution in [-0.4, -0.2) is 61.4 Å². The zero-order chi connectivity index (χ0) is 22.1. The summed E-state index contributed by atoms with van der Waals surface area (Å²) >= 11 is 1.61. The maximum absolute atomic E-state index is 12.7. The number of likely N-dealkylation sites (N-methyl/N-ethyl adjacent to an activating group) is 2. The first-order chi connectivity index (χ1) is 15.0. The topological polar surface area (TPSA) is 55.9 Å². The largest absolute Gasteiger partial charge is 0.372 e. The monoisotopic (exact) mass is 442 g/mol. The first-order valence-corrected chi connectivity index (χ1v) is 12.0. The van der Waals surface area contributed by atoms with E-state index >= 15 is 0 Å². The average Bonchev–Trinajstić information content (AvgIpc) is 3.31. The molecule has 0 aliphatic carbocycles. The van der Waals surface area contributed by atoms with E-state index in [-0.39, 0.29) is 18.4 Å². The van der Waals surface area contributed by atoms with Crippen molar-refractivity contribution in [2.45, 2.75) is 39.3 Å². The second-order valence-corrected chi connectivity index (χ2v) is 9.18. The van der Waals surface area contributed by atoms with Crippen molar-refractivity contribution in [2.75, 3.05) is 44.7 Å². The van der Waals surface area contributed by atoms with Gasteiger partial charge in [0.2, 0.25) is 11.8 Å². The van der Waals surface area contributed by atoms with Gasteiger partial charge in [-0.05, 0) is 62.4 Å². The van der Waals surface area contributed by atoms with Gasteiger partial charge in [-0.1, -0.05) is 18.2 Å². The van der Waals surface area contributed by atoms with Gasteiger partial charge in [-0.25, -0.2) is 0 Å². The molecule has 1 fully saturated rings. The average molecular weight is 443 g/mol. The molecule has 1 aromatic carbocycles. The molecule has 1 aromatic heterocycles. The third kappa shape index (κ3) is 7.36. The Kier molecular flexibility index (Phi) is 8.91. The standard InChI is InChI=1S/C24H34N4O2S/c1-3-27(18-23(29)25-16-22-8-7-15-31-22)24(30)19-26(2)17-20-9-11-21(12-10-20)28-13-5-4-6-14-28/h7-12,15H,3-6,13-14,16-19H2,1-2H3,(H,25,29). The van der Waals surface area contributed by atoms with Crippen molar-refractivity contribution >= 4 is 28.8 Å². The number of thiophene rings is 1. The van der Waals surface area contributed by atoms with Gasteiger partial charge in [0.05, 0.1) is 19.6 Å². The van der Waals surface area contributed by atoms with Crippen LogP contribution in [0.4, 0.5) is 5.69 Å². The summed E-state index contributed by atoms with van der Waals surface area (Å²) in [6, 6.07) is 12.6. The predicted molar refractivity (Wildman–Crippen MR) is 127 cm³/mol. The molecule has 2 aromatic rings. The second kappa shape index (κ2) is 11.9. The summed E-state index contributed by atoms with van der Waals surface area (Å²) in [5.74, 6) is -0.152. The Hall–Kier alpha value is -2.38. The Bertz CT molecular complexity index is 817. The van der Waals surface area contributed by atoms with Crippen LogP contribution in [0.5, 0.6) is 0 Å². The SMILES string of the molecule is CCN(CC(=O)NCc1cccs1)C(=O)CN(C)Cc1ccc(N2CCCCC2)cc1. The highest BCUT2D eigenvalue weighted by molar-refractivity contribution is 7.09. The van der Waals surface area contributed by atoms with Crippen LogP contribution < -0.4 is 10.2 Å². The normalized spacial score (nSPS) is 14.0. The number of benzene rings is 1. The van der Waals surface area contributed by atoms with E-state index in [0.717, 1.165) is 18.0 Å². The van der Waals surface area contributed by atoms with E-state index < -0.39 is 0 Å². The van der Waals surface area contributed by atoms with Crippen molar-refractivity contribution in [2.24, 2.45) is 0 Å². The van der Waals surface area contributed by atoms with E-state index in [2.05, 4.69) is 34.5 Å². The molecule has 2 amide bonds. The highest BCUT2D eigenvalue weighted by Crippen LogP contribution is 2.20. The molecule has 0 spiro atoms. The summed E-state index contributed by atoms with van der Waals surface area (Å²) in [6.45, 7) is 6.30. The van der Waals surface area contributed by atoms with Gasteiger partial charge in [-0.2, -0.15) is 0 Å². The predicted octanol–water partition coefficient (Wildman–Crippen LogP) is 3.34. The number of hydrogen-bond acceptors (Lipinski definition) is 5. The fraction of sp³-hybridized carbons (Fsp3) is 0.500. The van der Waals surface area contributed by atoms with Crippen molar-refractivity contribution in [1.29, 1.82) is 0 Å². The van der Waals surface area contributed by atoms with Gasteiger partial charge in [0, 0.05) is 36.7 Å². The molecule has 1 saturated heterocycles. The summed E-state index contributed by atoms with van der Waals surface area (Å²) < 4.78 is 0. The third-order valence-corrected chi connectivity index (χ3v) is 6.50. The van der Waals surface area contributed by atoms with Crippen molar-refractivity contribution < 1.29 is 9.59 Å². The van der Waals surface area contributed by atoms with Crippen LogP contribution in [0, 0.1) is 0 Å². The fourth-order valence-electron chi connectivity index (χ4n) is 3.87. The van der Waals surface area contributed by atoms with Crippen LogP contribution in [0.1, 0.15) is 36.6 Å². The molecule has 0 saturated carbocycles. The van der Waals surface area contributed by atoms with Crippen LogP contribution in [-0.2, 0) is 22.7 Å². The molecule has 6 nitrogen and oxygen atoms in total. The Morgan fingerprint density at radius 3 is 2.45 bits per heavy atom. The Balaban J connectivity index is 1.44. The second-order valence-electron chi connectivity index (χ2n) is 8.15. The molecule has 168 valence electrons. The number of carbonyl (C=O) groups is 2. The Morgan fingerprint density at radius 1 is 1.06 bits per heavy atom. The number of anilines is 1. The van der Waals surface area contributed by atoms with Gasteiger partial charge in [0.25, 0.3) is 0 Å². The van der Waals surface area contributed by atoms with Crippen molar-refractivity contribution in [3.05, 3.63) is 52.2 Å². The number of nitrogens with one attached hydrogen (secondary N) is 1. The van der Waals surface area contributed by atoms with E-state index in [1.165, 1.54) is 30.5 Å². The van der Waals surface area contributed by atoms with Gasteiger partial charge in [-0.3, -0.25) is 14.5 Å². The lowest BCUT2D eigenvalue weighted by molar-refractivity contribution is -0.136. The molecule has 0 atom stereocenters. The molecule has 1 aliphatic heterocycles. The van der Waals surface area contributed by atoms with Crippen LogP contribution in [0.25, 0.3) is 0 Å². The number of rotatable bonds is 10. The molecule has 0 bridgehead atoms. The first kappa shape index (κ1) is 23.3. The molecular formula is C24H34N4O2S. The molecule has 0 unspecified atom stereocenters. The van der Waals surface area contributed by atoms with Gasteiger partial charge in [0.1, 0.15) is 0 Å². The lowest BCUT2D eigenvalue weighted by Gasteiger charge is -2.29. The summed E-state index contributed by atoms with van der Waals surface area (Å²) in [5, 5.41) is 4.88. The first-order valence-electron chi connectivity index (χ1n) is 11.1. The lowest BCUT2D eigenvalue weighted by atomic mass is 10.1. The van der Waals surface area contributed by atoms with Gasteiger partial charge < -0.3 is 15.1 Å². The quantitative estimate of drug-likeness (QED) is 0.613. The minimum Gasteiger partial charge on any atom is -0.372 e. The molecular weight excluding hydrogens is 408 g/mol. The lowest BCUT2D eigenvalue weighted by Crippen LogP contribution is -2.44. The third-order valence-electron chi connectivity index (χ3n) is 5.62. The van der Waals surface area contributed by atoms with Crippen LogP contribution in [0.2, 0.25) is 0 Å². The highest BCUT2D eigenvalue weighted by atomic mass is 32.1. The molecule has 7 heteroatoms. The van der Waals surface area contributed by atoms with E-state index in [4.69, 9.17) is 0 Å². The molecule has 31 heavy (non-hydrogen) atoms. The number of piperidine rings is 1. The Labute approximate surface area is 189 Å². The van der Waals surface area contributed by atoms with E-state index in [0.29, 0.717) is 26.2 Å². The van der Waals surface area contributed by atoms with Crippen molar-refractivity contribution in [1.82, 2.24) is 15.1 Å². The fourth-order valence-corrected chi connectivity index (χ4v) is 4.51. The minimum atomic E-state index is -0.125. The molecule has 1 aliphatic rings. The summed E-state index contributed by atoms with van der Waals surface area (Å²) in [5.41, 5.74) is 2.47. The van der Waals surface area contributed by atoms with E-state index in [9.17, 15) is 9.59 Å². The number of amides is 2. The van der Waals surface area contributed by atoms with Crippen molar-refractivity contribution in [3.63, 3.8) is 0 Å². The van der Waals surface area contributed by atoms with Gasteiger partial charge in [-0.15, -0.1) is 11.3 Å². The zero-order valence-corrected chi connectivity index (χ0v) is 19.5. The molecule has 2 heterocycles. The number of carbonyl (C=O) groups excluding carboxylic acids is 2. The maximum Gasteiger partial charge on any atom is 0.239 e. The van der Waals surface area contributed by atoms with Gasteiger partial charge >= 0.3 is 0 Å². The van der Waals surface area contributed by atoms with Crippen LogP contribution in [0.15, 0.2) is 41.8 Å². The number of hydrogen-bond donors (Lipinski definition) is 1. The van der Waals surface area contributed by atoms with Crippen LogP contribution >= 0.6 is 11.3 Å². The molecule has 0 radical (unpaired) electrons. The van der Waals surface area contributed by atoms with Crippen molar-refractivity contribution in [3.8, 4) is 0 Å². The summed E-state index contributed by atoms with van der Waals surface area (Å²) in [7, 11) is 1.95. The zero-order valence-electron chi connectivity index (χ0n) is 18.7. The maximum atomic E-state index is 12.7. The minimum absolute atomic E-state index is 0.0267. The molecule has 1 N–H and O–H groups in total. The highest BCUT2D eigenvalue weighted by Gasteiger charge is 2.17. The van der Waals surface area contributed by atoms with Gasteiger partial charge in [0.15, 0.2) is 0 Å². The summed E-state index contributed by atoms with van der Waals surface area (Å²) in [6.07, 6.45) is 3.87. The Morgan fingerprint density at radius 2 is 1.81 bits per heavy atom. The van der Waals surface area contributed by atoms with E-state index in [1.807, 2.05) is 36.4 Å².